The van der Waals surface area contributed by atoms with Crippen molar-refractivity contribution in [1.29, 1.82) is 0 Å². The van der Waals surface area contributed by atoms with Crippen LogP contribution >= 0.6 is 0 Å². The summed E-state index contributed by atoms with van der Waals surface area (Å²) in [7, 11) is 0. The zero-order valence-corrected chi connectivity index (χ0v) is 18.0. The Labute approximate surface area is 172 Å². The molecule has 2 atom stereocenters. The van der Waals surface area contributed by atoms with Gasteiger partial charge < -0.3 is 14.8 Å². The van der Waals surface area contributed by atoms with Crippen LogP contribution in [0.4, 0.5) is 4.79 Å². The molecule has 29 heavy (non-hydrogen) atoms. The number of hydrogen-bond donors (Lipinski definition) is 2. The highest BCUT2D eigenvalue weighted by Crippen LogP contribution is 2.28. The maximum atomic E-state index is 12.6. The highest BCUT2D eigenvalue weighted by Gasteiger charge is 2.25. The number of carbonyl (C=O) groups excluding carboxylic acids is 2. The van der Waals surface area contributed by atoms with Crippen molar-refractivity contribution in [2.24, 2.45) is 11.0 Å². The molecule has 1 aromatic rings. The quantitative estimate of drug-likeness (QED) is 0.559. The van der Waals surface area contributed by atoms with Crippen LogP contribution in [0.2, 0.25) is 0 Å². The molecule has 1 heterocycles. The first-order chi connectivity index (χ1) is 13.5. The molecular weight excluding hydrogens is 370 g/mol. The average Bonchev–Trinajstić information content (AvgIpc) is 2.59. The molecule has 0 aliphatic carbocycles. The number of nitrogens with one attached hydrogen (secondary N) is 2. The first kappa shape index (κ1) is 22.5. The lowest BCUT2D eigenvalue weighted by atomic mass is 10.0. The summed E-state index contributed by atoms with van der Waals surface area (Å²) in [5.74, 6) is 0.626. The number of ether oxygens (including phenoxy) is 2. The van der Waals surface area contributed by atoms with Crippen LogP contribution in [-0.4, -0.2) is 36.0 Å². The molecule has 0 saturated carbocycles. The van der Waals surface area contributed by atoms with E-state index in [-0.39, 0.29) is 12.0 Å². The Morgan fingerprint density at radius 1 is 1.28 bits per heavy atom. The van der Waals surface area contributed by atoms with Gasteiger partial charge in [0.15, 0.2) is 0 Å². The summed E-state index contributed by atoms with van der Waals surface area (Å²) < 4.78 is 11.1. The number of benzene rings is 1. The second-order valence-electron chi connectivity index (χ2n) is 8.50. The van der Waals surface area contributed by atoms with E-state index in [4.69, 9.17) is 9.47 Å². The number of fused-ring (bicyclic) bond motifs is 1. The van der Waals surface area contributed by atoms with E-state index in [1.165, 1.54) is 0 Å². The number of carbonyl (C=O) groups is 2. The second-order valence-corrected chi connectivity index (χ2v) is 8.50. The molecule has 158 valence electrons. The van der Waals surface area contributed by atoms with Crippen molar-refractivity contribution in [2.75, 3.05) is 0 Å². The van der Waals surface area contributed by atoms with E-state index in [9.17, 15) is 9.59 Å². The SMILES string of the molecule is CC(C)C[C@H](NC(=O)OC(C)(C)C)C(=O)N/N=C/C1=Cc2ccccc2OC1C. The first-order valence-corrected chi connectivity index (χ1v) is 9.85. The summed E-state index contributed by atoms with van der Waals surface area (Å²) in [6.07, 6.45) is 3.20. The monoisotopic (exact) mass is 401 g/mol. The van der Waals surface area contributed by atoms with Gasteiger partial charge in [0.1, 0.15) is 23.5 Å². The second kappa shape index (κ2) is 9.58. The van der Waals surface area contributed by atoms with Gasteiger partial charge >= 0.3 is 6.09 Å². The van der Waals surface area contributed by atoms with Crippen molar-refractivity contribution in [3.05, 3.63) is 35.4 Å². The third-order valence-electron chi connectivity index (χ3n) is 4.12. The van der Waals surface area contributed by atoms with Crippen LogP contribution in [0.3, 0.4) is 0 Å². The van der Waals surface area contributed by atoms with Crippen LogP contribution in [0.25, 0.3) is 6.08 Å². The third-order valence-corrected chi connectivity index (χ3v) is 4.12. The summed E-state index contributed by atoms with van der Waals surface area (Å²) in [6.45, 7) is 11.2. The lowest BCUT2D eigenvalue weighted by Crippen LogP contribution is -2.47. The minimum atomic E-state index is -0.739. The molecule has 1 aliphatic rings. The molecular formula is C22H31N3O4. The van der Waals surface area contributed by atoms with Crippen LogP contribution in [0.5, 0.6) is 5.75 Å². The van der Waals surface area contributed by atoms with E-state index in [0.29, 0.717) is 6.42 Å². The van der Waals surface area contributed by atoms with Gasteiger partial charge in [0.25, 0.3) is 5.91 Å². The lowest BCUT2D eigenvalue weighted by molar-refractivity contribution is -0.123. The largest absolute Gasteiger partial charge is 0.485 e. The van der Waals surface area contributed by atoms with E-state index in [0.717, 1.165) is 16.9 Å². The van der Waals surface area contributed by atoms with Crippen LogP contribution in [0, 0.1) is 5.92 Å². The van der Waals surface area contributed by atoms with Gasteiger partial charge in [-0.1, -0.05) is 32.0 Å². The molecule has 1 unspecified atom stereocenters. The molecule has 0 bridgehead atoms. The smallest absolute Gasteiger partial charge is 0.408 e. The van der Waals surface area contributed by atoms with Crippen molar-refractivity contribution in [3.63, 3.8) is 0 Å². The van der Waals surface area contributed by atoms with Gasteiger partial charge in [0.05, 0.1) is 6.21 Å². The maximum absolute atomic E-state index is 12.6. The molecule has 0 fully saturated rings. The van der Waals surface area contributed by atoms with E-state index in [1.54, 1.807) is 27.0 Å². The Morgan fingerprint density at radius 3 is 2.62 bits per heavy atom. The molecule has 1 aromatic carbocycles. The van der Waals surface area contributed by atoms with Crippen molar-refractivity contribution in [3.8, 4) is 5.75 Å². The summed E-state index contributed by atoms with van der Waals surface area (Å²) in [4.78, 5) is 24.6. The number of alkyl carbamates (subject to hydrolysis) is 1. The highest BCUT2D eigenvalue weighted by molar-refractivity contribution is 5.90. The Kier molecular flexibility index (Phi) is 7.42. The molecule has 1 aliphatic heterocycles. The van der Waals surface area contributed by atoms with E-state index in [2.05, 4.69) is 15.8 Å². The molecule has 0 spiro atoms. The van der Waals surface area contributed by atoms with Crippen LogP contribution in [-0.2, 0) is 9.53 Å². The van der Waals surface area contributed by atoms with E-state index in [1.807, 2.05) is 51.1 Å². The Hall–Kier alpha value is -2.83. The zero-order valence-electron chi connectivity index (χ0n) is 18.0. The zero-order chi connectivity index (χ0) is 21.6. The minimum absolute atomic E-state index is 0.183. The van der Waals surface area contributed by atoms with Gasteiger partial charge in [0.2, 0.25) is 0 Å². The standard InChI is InChI=1S/C22H31N3O4/c1-14(2)11-18(24-21(27)29-22(4,5)6)20(26)25-23-13-17-12-16-9-7-8-10-19(16)28-15(17)3/h7-10,12-15,18H,11H2,1-6H3,(H,24,27)(H,25,26)/b23-13+/t15?,18-/m0/s1. The lowest BCUT2D eigenvalue weighted by Gasteiger charge is -2.24. The van der Waals surface area contributed by atoms with Crippen LogP contribution in [0.1, 0.15) is 53.5 Å². The fraction of sp³-hybridized carbons (Fsp3) is 0.500. The molecule has 7 heteroatoms. The molecule has 2 rings (SSSR count). The third kappa shape index (κ3) is 7.25. The van der Waals surface area contributed by atoms with E-state index >= 15 is 0 Å². The Bertz CT molecular complexity index is 793. The van der Waals surface area contributed by atoms with Crippen LogP contribution in [0.15, 0.2) is 34.9 Å². The molecule has 0 saturated heterocycles. The molecule has 2 amide bonds. The number of nitrogens with zero attached hydrogens (tertiary/aromatic N) is 1. The van der Waals surface area contributed by atoms with Crippen molar-refractivity contribution in [2.45, 2.75) is 65.7 Å². The number of hydrazone groups is 1. The highest BCUT2D eigenvalue weighted by atomic mass is 16.6. The maximum Gasteiger partial charge on any atom is 0.408 e. The predicted octanol–water partition coefficient (Wildman–Crippen LogP) is 3.89. The fourth-order valence-corrected chi connectivity index (χ4v) is 2.81. The molecule has 0 radical (unpaired) electrons. The molecule has 0 aromatic heterocycles. The molecule has 7 nitrogen and oxygen atoms in total. The van der Waals surface area contributed by atoms with Crippen molar-refractivity contribution in [1.82, 2.24) is 10.7 Å². The number of para-hydroxylation sites is 1. The summed E-state index contributed by atoms with van der Waals surface area (Å²) in [5.41, 5.74) is 3.67. The fourth-order valence-electron chi connectivity index (χ4n) is 2.81. The van der Waals surface area contributed by atoms with Gasteiger partial charge in [-0.25, -0.2) is 10.2 Å². The minimum Gasteiger partial charge on any atom is -0.485 e. The number of hydrogen-bond acceptors (Lipinski definition) is 5. The first-order valence-electron chi connectivity index (χ1n) is 9.85. The van der Waals surface area contributed by atoms with Gasteiger partial charge in [-0.2, -0.15) is 5.10 Å². The summed E-state index contributed by atoms with van der Waals surface area (Å²) >= 11 is 0. The van der Waals surface area contributed by atoms with Gasteiger partial charge in [0, 0.05) is 11.1 Å². The average molecular weight is 402 g/mol. The number of amides is 2. The molecule has 2 N–H and O–H groups in total. The predicted molar refractivity (Wildman–Crippen MR) is 114 cm³/mol. The van der Waals surface area contributed by atoms with Gasteiger partial charge in [-0.05, 0) is 52.2 Å². The Morgan fingerprint density at radius 2 is 1.97 bits per heavy atom. The normalized spacial score (nSPS) is 17.2. The topological polar surface area (TPSA) is 89.0 Å². The number of rotatable bonds is 6. The van der Waals surface area contributed by atoms with Crippen molar-refractivity contribution >= 4 is 24.3 Å². The summed E-state index contributed by atoms with van der Waals surface area (Å²) in [5, 5.41) is 6.69. The van der Waals surface area contributed by atoms with E-state index < -0.39 is 23.6 Å². The van der Waals surface area contributed by atoms with Gasteiger partial charge in [-0.3, -0.25) is 4.79 Å². The van der Waals surface area contributed by atoms with Crippen molar-refractivity contribution < 1.29 is 19.1 Å². The van der Waals surface area contributed by atoms with Gasteiger partial charge in [-0.15, -0.1) is 0 Å². The Balaban J connectivity index is 2.02. The summed E-state index contributed by atoms with van der Waals surface area (Å²) in [6, 6.07) is 6.99. The van der Waals surface area contributed by atoms with Crippen LogP contribution < -0.4 is 15.5 Å².